The standard InChI is InChI=1S/C16H17FN2O3/c1-16(2,3)22-15(21)10-19-14(20)9-8-13(18-19)11-6-4-5-7-12(11)17/h4-9H,10H2,1-3H3. The Hall–Kier alpha value is -2.50. The van der Waals surface area contributed by atoms with Crippen molar-refractivity contribution in [2.45, 2.75) is 32.9 Å². The highest BCUT2D eigenvalue weighted by Gasteiger charge is 2.18. The number of aromatic nitrogens is 2. The molecule has 0 N–H and O–H groups in total. The zero-order valence-electron chi connectivity index (χ0n) is 12.7. The second-order valence-corrected chi connectivity index (χ2v) is 5.78. The van der Waals surface area contributed by atoms with Gasteiger partial charge in [-0.05, 0) is 39.0 Å². The normalized spacial score (nSPS) is 11.3. The molecule has 6 heteroatoms. The second kappa shape index (κ2) is 6.09. The Morgan fingerprint density at radius 2 is 1.91 bits per heavy atom. The first-order chi connectivity index (χ1) is 10.3. The highest BCUT2D eigenvalue weighted by Crippen LogP contribution is 2.18. The molecular weight excluding hydrogens is 287 g/mol. The summed E-state index contributed by atoms with van der Waals surface area (Å²) in [5.74, 6) is -1.02. The minimum atomic E-state index is -0.649. The molecule has 116 valence electrons. The van der Waals surface area contributed by atoms with E-state index in [1.54, 1.807) is 39.0 Å². The van der Waals surface area contributed by atoms with Crippen LogP contribution in [0.3, 0.4) is 0 Å². The average Bonchev–Trinajstić information content (AvgIpc) is 2.40. The van der Waals surface area contributed by atoms with Crippen LogP contribution in [0.2, 0.25) is 0 Å². The van der Waals surface area contributed by atoms with Crippen LogP contribution in [0.5, 0.6) is 0 Å². The predicted octanol–water partition coefficient (Wildman–Crippen LogP) is 2.39. The lowest BCUT2D eigenvalue weighted by Gasteiger charge is -2.19. The Kier molecular flexibility index (Phi) is 4.40. The molecule has 1 aromatic carbocycles. The molecular formula is C16H17FN2O3. The summed E-state index contributed by atoms with van der Waals surface area (Å²) in [6, 6.07) is 8.77. The maximum Gasteiger partial charge on any atom is 0.328 e. The van der Waals surface area contributed by atoms with Crippen LogP contribution in [-0.4, -0.2) is 21.4 Å². The van der Waals surface area contributed by atoms with E-state index in [4.69, 9.17) is 4.74 Å². The molecule has 0 spiro atoms. The molecule has 0 aliphatic heterocycles. The molecule has 2 aromatic rings. The first-order valence-corrected chi connectivity index (χ1v) is 6.81. The van der Waals surface area contributed by atoms with Gasteiger partial charge < -0.3 is 4.74 Å². The van der Waals surface area contributed by atoms with Gasteiger partial charge in [-0.25, -0.2) is 9.07 Å². The van der Waals surface area contributed by atoms with Gasteiger partial charge in [-0.15, -0.1) is 0 Å². The quantitative estimate of drug-likeness (QED) is 0.817. The SMILES string of the molecule is CC(C)(C)OC(=O)Cn1nc(-c2ccccc2F)ccc1=O. The van der Waals surface area contributed by atoms with Gasteiger partial charge in [-0.2, -0.15) is 5.10 Å². The smallest absolute Gasteiger partial charge is 0.328 e. The lowest BCUT2D eigenvalue weighted by atomic mass is 10.1. The fourth-order valence-electron chi connectivity index (χ4n) is 1.87. The predicted molar refractivity (Wildman–Crippen MR) is 79.7 cm³/mol. The third kappa shape index (κ3) is 4.00. The lowest BCUT2D eigenvalue weighted by Crippen LogP contribution is -2.31. The molecule has 0 saturated heterocycles. The fourth-order valence-corrected chi connectivity index (χ4v) is 1.87. The van der Waals surface area contributed by atoms with Crippen molar-refractivity contribution in [3.8, 4) is 11.3 Å². The molecule has 0 atom stereocenters. The third-order valence-corrected chi connectivity index (χ3v) is 2.72. The van der Waals surface area contributed by atoms with Crippen LogP contribution >= 0.6 is 0 Å². The van der Waals surface area contributed by atoms with Crippen molar-refractivity contribution in [2.75, 3.05) is 0 Å². The van der Waals surface area contributed by atoms with E-state index in [0.29, 0.717) is 0 Å². The number of carbonyl (C=O) groups excluding carboxylic acids is 1. The van der Waals surface area contributed by atoms with Crippen molar-refractivity contribution < 1.29 is 13.9 Å². The van der Waals surface area contributed by atoms with Crippen LogP contribution in [0.15, 0.2) is 41.2 Å². The maximum atomic E-state index is 13.8. The number of esters is 1. The van der Waals surface area contributed by atoms with Crippen LogP contribution in [-0.2, 0) is 16.1 Å². The maximum absolute atomic E-state index is 13.8. The van der Waals surface area contributed by atoms with Crippen LogP contribution in [0.1, 0.15) is 20.8 Å². The molecule has 0 aliphatic carbocycles. The first kappa shape index (κ1) is 15.9. The Labute approximate surface area is 127 Å². The number of ether oxygens (including phenoxy) is 1. The van der Waals surface area contributed by atoms with E-state index < -0.39 is 22.9 Å². The first-order valence-electron chi connectivity index (χ1n) is 6.81. The van der Waals surface area contributed by atoms with Crippen LogP contribution in [0.25, 0.3) is 11.3 Å². The molecule has 0 bridgehead atoms. The average molecular weight is 304 g/mol. The zero-order valence-corrected chi connectivity index (χ0v) is 12.7. The number of halogens is 1. The Morgan fingerprint density at radius 1 is 1.23 bits per heavy atom. The van der Waals surface area contributed by atoms with Gasteiger partial charge >= 0.3 is 5.97 Å². The number of carbonyl (C=O) groups is 1. The summed E-state index contributed by atoms with van der Waals surface area (Å²) in [6.45, 7) is 4.88. The molecule has 2 rings (SSSR count). The van der Waals surface area contributed by atoms with Gasteiger partial charge in [-0.3, -0.25) is 9.59 Å². The van der Waals surface area contributed by atoms with Crippen LogP contribution in [0, 0.1) is 5.82 Å². The van der Waals surface area contributed by atoms with Gasteiger partial charge in [0.1, 0.15) is 18.0 Å². The summed E-state index contributed by atoms with van der Waals surface area (Å²) in [7, 11) is 0. The van der Waals surface area contributed by atoms with E-state index in [9.17, 15) is 14.0 Å². The Morgan fingerprint density at radius 3 is 2.55 bits per heavy atom. The lowest BCUT2D eigenvalue weighted by molar-refractivity contribution is -0.155. The van der Waals surface area contributed by atoms with Crippen molar-refractivity contribution >= 4 is 5.97 Å². The molecule has 0 radical (unpaired) electrons. The van der Waals surface area contributed by atoms with Crippen molar-refractivity contribution in [1.82, 2.24) is 9.78 Å². The van der Waals surface area contributed by atoms with Gasteiger partial charge in [-0.1, -0.05) is 12.1 Å². The molecule has 0 saturated carbocycles. The molecule has 1 heterocycles. The topological polar surface area (TPSA) is 61.2 Å². The molecule has 0 aliphatic rings. The number of hydrogen-bond donors (Lipinski definition) is 0. The van der Waals surface area contributed by atoms with Crippen molar-refractivity contribution in [2.24, 2.45) is 0 Å². The summed E-state index contributed by atoms with van der Waals surface area (Å²) >= 11 is 0. The number of benzene rings is 1. The number of rotatable bonds is 3. The van der Waals surface area contributed by atoms with Gasteiger partial charge in [0.05, 0.1) is 5.69 Å². The van der Waals surface area contributed by atoms with Crippen LogP contribution < -0.4 is 5.56 Å². The summed E-state index contributed by atoms with van der Waals surface area (Å²) in [6.07, 6.45) is 0. The zero-order chi connectivity index (χ0) is 16.3. The minimum absolute atomic E-state index is 0.264. The molecule has 1 aromatic heterocycles. The van der Waals surface area contributed by atoms with E-state index in [0.717, 1.165) is 4.68 Å². The molecule has 5 nitrogen and oxygen atoms in total. The Bertz CT molecular complexity index is 748. The highest BCUT2D eigenvalue weighted by molar-refractivity contribution is 5.69. The molecule has 22 heavy (non-hydrogen) atoms. The van der Waals surface area contributed by atoms with Crippen molar-refractivity contribution in [3.63, 3.8) is 0 Å². The molecule has 0 amide bonds. The molecule has 0 unspecified atom stereocenters. The summed E-state index contributed by atoms with van der Waals surface area (Å²) < 4.78 is 19.9. The second-order valence-electron chi connectivity index (χ2n) is 5.78. The summed E-state index contributed by atoms with van der Waals surface area (Å²) in [5, 5.41) is 4.04. The largest absolute Gasteiger partial charge is 0.459 e. The summed E-state index contributed by atoms with van der Waals surface area (Å²) in [5.41, 5.74) is -0.559. The number of nitrogens with zero attached hydrogens (tertiary/aromatic N) is 2. The van der Waals surface area contributed by atoms with Gasteiger partial charge in [0, 0.05) is 11.6 Å². The number of hydrogen-bond acceptors (Lipinski definition) is 4. The van der Waals surface area contributed by atoms with Gasteiger partial charge in [0.25, 0.3) is 5.56 Å². The van der Waals surface area contributed by atoms with E-state index in [-0.39, 0.29) is 17.8 Å². The van der Waals surface area contributed by atoms with Crippen molar-refractivity contribution in [3.05, 3.63) is 52.6 Å². The monoisotopic (exact) mass is 304 g/mol. The van der Waals surface area contributed by atoms with Crippen molar-refractivity contribution in [1.29, 1.82) is 0 Å². The summed E-state index contributed by atoms with van der Waals surface area (Å²) in [4.78, 5) is 23.6. The van der Waals surface area contributed by atoms with Crippen LogP contribution in [0.4, 0.5) is 4.39 Å². The fraction of sp³-hybridized carbons (Fsp3) is 0.312. The Balaban J connectivity index is 2.30. The van der Waals surface area contributed by atoms with Gasteiger partial charge in [0.15, 0.2) is 0 Å². The van der Waals surface area contributed by atoms with E-state index in [1.807, 2.05) is 0 Å². The molecule has 0 fully saturated rings. The van der Waals surface area contributed by atoms with E-state index >= 15 is 0 Å². The van der Waals surface area contributed by atoms with E-state index in [2.05, 4.69) is 5.10 Å². The van der Waals surface area contributed by atoms with E-state index in [1.165, 1.54) is 18.2 Å². The third-order valence-electron chi connectivity index (χ3n) is 2.72. The highest BCUT2D eigenvalue weighted by atomic mass is 19.1. The van der Waals surface area contributed by atoms with Gasteiger partial charge in [0.2, 0.25) is 0 Å². The minimum Gasteiger partial charge on any atom is -0.459 e.